The molecule has 14 heavy (non-hydrogen) atoms. The van der Waals surface area contributed by atoms with Crippen LogP contribution >= 0.6 is 11.8 Å². The van der Waals surface area contributed by atoms with E-state index in [0.717, 1.165) is 24.2 Å². The third-order valence-corrected chi connectivity index (χ3v) is 3.14. The van der Waals surface area contributed by atoms with Crippen molar-refractivity contribution >= 4 is 23.3 Å². The maximum absolute atomic E-state index is 11.5. The fraction of sp³-hybridized carbons (Fsp3) is 0.636. The molecule has 1 aliphatic rings. The lowest BCUT2D eigenvalue weighted by Crippen LogP contribution is -2.30. The second-order valence-corrected chi connectivity index (χ2v) is 4.61. The van der Waals surface area contributed by atoms with Gasteiger partial charge < -0.3 is 0 Å². The Balaban J connectivity index is 2.58. The Kier molecular flexibility index (Phi) is 4.39. The maximum atomic E-state index is 11.5. The molecule has 0 aromatic carbocycles. The van der Waals surface area contributed by atoms with Crippen LogP contribution in [0.1, 0.15) is 25.7 Å². The lowest BCUT2D eigenvalue weighted by atomic mass is 9.81. The van der Waals surface area contributed by atoms with Crippen LogP contribution in [-0.2, 0) is 9.59 Å². The van der Waals surface area contributed by atoms with Gasteiger partial charge in [-0.15, -0.1) is 0 Å². The van der Waals surface area contributed by atoms with Gasteiger partial charge >= 0.3 is 0 Å². The molecule has 0 saturated heterocycles. The van der Waals surface area contributed by atoms with Crippen LogP contribution in [0.5, 0.6) is 0 Å². The molecule has 0 spiro atoms. The topological polar surface area (TPSA) is 34.1 Å². The predicted octanol–water partition coefficient (Wildman–Crippen LogP) is 2.23. The van der Waals surface area contributed by atoms with E-state index in [2.05, 4.69) is 6.58 Å². The first-order valence-electron chi connectivity index (χ1n) is 4.89. The highest BCUT2D eigenvalue weighted by Gasteiger charge is 2.31. The minimum absolute atomic E-state index is 0.0763. The third-order valence-electron chi connectivity index (χ3n) is 2.53. The first-order valence-corrected chi connectivity index (χ1v) is 6.28. The zero-order valence-corrected chi connectivity index (χ0v) is 9.36. The number of ketones is 2. The Morgan fingerprint density at radius 2 is 2.00 bits per heavy atom. The van der Waals surface area contributed by atoms with Gasteiger partial charge in [0.1, 0.15) is 11.6 Å². The van der Waals surface area contributed by atoms with E-state index in [1.54, 1.807) is 11.8 Å². The van der Waals surface area contributed by atoms with Gasteiger partial charge in [-0.2, -0.15) is 11.8 Å². The minimum Gasteiger partial charge on any atom is -0.299 e. The lowest BCUT2D eigenvalue weighted by Gasteiger charge is -2.21. The zero-order chi connectivity index (χ0) is 10.6. The van der Waals surface area contributed by atoms with Crippen LogP contribution < -0.4 is 0 Å². The summed E-state index contributed by atoms with van der Waals surface area (Å²) in [6, 6.07) is 0. The smallest absolute Gasteiger partial charge is 0.147 e. The Morgan fingerprint density at radius 3 is 2.50 bits per heavy atom. The van der Waals surface area contributed by atoms with E-state index in [9.17, 15) is 9.59 Å². The predicted molar refractivity (Wildman–Crippen MR) is 59.5 cm³/mol. The molecule has 0 aromatic rings. The van der Waals surface area contributed by atoms with Crippen LogP contribution in [0.25, 0.3) is 0 Å². The molecule has 78 valence electrons. The van der Waals surface area contributed by atoms with Crippen molar-refractivity contribution in [2.45, 2.75) is 25.7 Å². The molecule has 1 saturated carbocycles. The van der Waals surface area contributed by atoms with Crippen LogP contribution in [0.15, 0.2) is 12.2 Å². The number of allylic oxidation sites excluding steroid dienone is 1. The second-order valence-electron chi connectivity index (χ2n) is 3.62. The number of carbonyl (C=O) groups is 2. The van der Waals surface area contributed by atoms with E-state index in [1.807, 2.05) is 6.26 Å². The quantitative estimate of drug-likeness (QED) is 0.529. The summed E-state index contributed by atoms with van der Waals surface area (Å²) in [5, 5.41) is 0. The first-order chi connectivity index (χ1) is 6.66. The largest absolute Gasteiger partial charge is 0.299 e. The van der Waals surface area contributed by atoms with Gasteiger partial charge in [0.25, 0.3) is 0 Å². The number of thioether (sulfide) groups is 1. The molecule has 0 unspecified atom stereocenters. The number of carbonyl (C=O) groups excluding carboxylic acids is 2. The van der Waals surface area contributed by atoms with Gasteiger partial charge in [-0.25, -0.2) is 0 Å². The molecule has 0 N–H and O–H groups in total. The fourth-order valence-electron chi connectivity index (χ4n) is 1.74. The number of rotatable bonds is 4. The Hall–Kier alpha value is -0.570. The normalized spacial score (nSPS) is 18.6. The molecule has 0 aromatic heterocycles. The number of hydrogen-bond donors (Lipinski definition) is 0. The van der Waals surface area contributed by atoms with Crippen LogP contribution in [0.3, 0.4) is 0 Å². The molecule has 3 heteroatoms. The molecule has 1 aliphatic carbocycles. The van der Waals surface area contributed by atoms with Gasteiger partial charge in [0.2, 0.25) is 0 Å². The molecule has 0 amide bonds. The van der Waals surface area contributed by atoms with Gasteiger partial charge in [-0.1, -0.05) is 12.2 Å². The molecular weight excluding hydrogens is 196 g/mol. The summed E-state index contributed by atoms with van der Waals surface area (Å²) < 4.78 is 0. The van der Waals surface area contributed by atoms with Crippen molar-refractivity contribution in [1.29, 1.82) is 0 Å². The van der Waals surface area contributed by atoms with Gasteiger partial charge in [-0.3, -0.25) is 9.59 Å². The summed E-state index contributed by atoms with van der Waals surface area (Å²) in [5.41, 5.74) is 0.814. The van der Waals surface area contributed by atoms with E-state index in [-0.39, 0.29) is 11.6 Å². The SMILES string of the molecule is C=C(CCSC)C1C(=O)CCCC1=O. The van der Waals surface area contributed by atoms with Gasteiger partial charge in [-0.05, 0) is 24.9 Å². The number of hydrogen-bond acceptors (Lipinski definition) is 3. The summed E-state index contributed by atoms with van der Waals surface area (Å²) >= 11 is 1.71. The van der Waals surface area contributed by atoms with Crippen LogP contribution in [0.4, 0.5) is 0 Å². The lowest BCUT2D eigenvalue weighted by molar-refractivity contribution is -0.133. The Morgan fingerprint density at radius 1 is 1.43 bits per heavy atom. The van der Waals surface area contributed by atoms with E-state index in [0.29, 0.717) is 12.8 Å². The molecule has 0 atom stereocenters. The van der Waals surface area contributed by atoms with E-state index in [4.69, 9.17) is 0 Å². The van der Waals surface area contributed by atoms with Crippen LogP contribution in [-0.4, -0.2) is 23.6 Å². The molecule has 0 radical (unpaired) electrons. The van der Waals surface area contributed by atoms with Gasteiger partial charge in [0.15, 0.2) is 0 Å². The minimum atomic E-state index is -0.476. The molecular formula is C11H16O2S. The first kappa shape index (κ1) is 11.5. The van der Waals surface area contributed by atoms with Crippen molar-refractivity contribution in [3.05, 3.63) is 12.2 Å². The summed E-state index contributed by atoms with van der Waals surface area (Å²) in [7, 11) is 0. The summed E-state index contributed by atoms with van der Waals surface area (Å²) in [6.45, 7) is 3.86. The summed E-state index contributed by atoms with van der Waals surface area (Å²) in [5.74, 6) is 0.617. The van der Waals surface area contributed by atoms with Crippen molar-refractivity contribution in [3.8, 4) is 0 Å². The van der Waals surface area contributed by atoms with E-state index < -0.39 is 5.92 Å². The van der Waals surface area contributed by atoms with E-state index in [1.165, 1.54) is 0 Å². The second kappa shape index (κ2) is 5.35. The molecule has 0 aliphatic heterocycles. The standard InChI is InChI=1S/C11H16O2S/c1-8(6-7-14-2)11-9(12)4-3-5-10(11)13/h11H,1,3-7H2,2H3. The molecule has 1 fully saturated rings. The fourth-order valence-corrected chi connectivity index (χ4v) is 2.20. The van der Waals surface area contributed by atoms with Crippen molar-refractivity contribution in [3.63, 3.8) is 0 Å². The summed E-state index contributed by atoms with van der Waals surface area (Å²) in [6.07, 6.45) is 4.62. The Bertz CT molecular complexity index is 242. The van der Waals surface area contributed by atoms with E-state index >= 15 is 0 Å². The third kappa shape index (κ3) is 2.71. The highest BCUT2D eigenvalue weighted by molar-refractivity contribution is 7.98. The average molecular weight is 212 g/mol. The molecule has 1 rings (SSSR count). The van der Waals surface area contributed by atoms with Crippen molar-refractivity contribution in [1.82, 2.24) is 0 Å². The molecule has 0 bridgehead atoms. The van der Waals surface area contributed by atoms with Crippen molar-refractivity contribution in [2.75, 3.05) is 12.0 Å². The van der Waals surface area contributed by atoms with Crippen molar-refractivity contribution < 1.29 is 9.59 Å². The van der Waals surface area contributed by atoms with Gasteiger partial charge in [0, 0.05) is 12.8 Å². The Labute approximate surface area is 89.1 Å². The zero-order valence-electron chi connectivity index (χ0n) is 8.54. The number of Topliss-reactive ketones (excluding diaryl/α,β-unsaturated/α-hetero) is 2. The van der Waals surface area contributed by atoms with Crippen LogP contribution in [0, 0.1) is 5.92 Å². The van der Waals surface area contributed by atoms with Crippen LogP contribution in [0.2, 0.25) is 0 Å². The highest BCUT2D eigenvalue weighted by atomic mass is 32.2. The maximum Gasteiger partial charge on any atom is 0.147 e. The highest BCUT2D eigenvalue weighted by Crippen LogP contribution is 2.25. The molecule has 0 heterocycles. The average Bonchev–Trinajstić information content (AvgIpc) is 2.14. The molecule has 2 nitrogen and oxygen atoms in total. The van der Waals surface area contributed by atoms with Crippen molar-refractivity contribution in [2.24, 2.45) is 5.92 Å². The van der Waals surface area contributed by atoms with Gasteiger partial charge in [0.05, 0.1) is 5.92 Å². The monoisotopic (exact) mass is 212 g/mol. The summed E-state index contributed by atoms with van der Waals surface area (Å²) in [4.78, 5) is 23.0.